The Bertz CT molecular complexity index is 313. The van der Waals surface area contributed by atoms with Gasteiger partial charge in [-0.1, -0.05) is 18.2 Å². The average molecular weight is 163 g/mol. The summed E-state index contributed by atoms with van der Waals surface area (Å²) in [5, 5.41) is 3.23. The highest BCUT2D eigenvalue weighted by atomic mass is 16.7. The van der Waals surface area contributed by atoms with Crippen molar-refractivity contribution >= 4 is 0 Å². The van der Waals surface area contributed by atoms with E-state index in [1.807, 2.05) is 24.3 Å². The summed E-state index contributed by atoms with van der Waals surface area (Å²) in [5.41, 5.74) is 1.10. The Morgan fingerprint density at radius 2 is 2.25 bits per heavy atom. The lowest BCUT2D eigenvalue weighted by Crippen LogP contribution is -2.22. The predicted molar refractivity (Wildman–Crippen MR) is 42.7 cm³/mol. The van der Waals surface area contributed by atoms with Gasteiger partial charge in [0.05, 0.1) is 6.54 Å². The highest BCUT2D eigenvalue weighted by Gasteiger charge is 2.34. The summed E-state index contributed by atoms with van der Waals surface area (Å²) in [6.07, 6.45) is -0.0511. The van der Waals surface area contributed by atoms with E-state index in [9.17, 15) is 0 Å². The third-order valence-electron chi connectivity index (χ3n) is 2.22. The molecule has 0 aliphatic carbocycles. The molecular formula is C9H9NO2. The van der Waals surface area contributed by atoms with Crippen molar-refractivity contribution in [2.45, 2.75) is 12.5 Å². The van der Waals surface area contributed by atoms with Crippen molar-refractivity contribution in [3.63, 3.8) is 0 Å². The summed E-state index contributed by atoms with van der Waals surface area (Å²) in [4.78, 5) is 0. The maximum absolute atomic E-state index is 5.54. The zero-order valence-corrected chi connectivity index (χ0v) is 6.49. The van der Waals surface area contributed by atoms with Gasteiger partial charge in [-0.3, -0.25) is 5.32 Å². The second kappa shape index (κ2) is 2.21. The first kappa shape index (κ1) is 6.46. The lowest BCUT2D eigenvalue weighted by molar-refractivity contribution is -0.0906. The molecule has 0 spiro atoms. The molecule has 2 unspecified atom stereocenters. The molecule has 0 amide bonds. The summed E-state index contributed by atoms with van der Waals surface area (Å²) in [6.45, 7) is 0.777. The molecule has 3 rings (SSSR count). The van der Waals surface area contributed by atoms with Crippen LogP contribution >= 0.6 is 0 Å². The fourth-order valence-electron chi connectivity index (χ4n) is 1.65. The van der Waals surface area contributed by atoms with Crippen molar-refractivity contribution in [2.75, 3.05) is 6.54 Å². The first-order valence-corrected chi connectivity index (χ1v) is 4.08. The minimum absolute atomic E-state index is 0.0416. The molecule has 1 aromatic rings. The molecule has 2 heterocycles. The molecule has 1 N–H and O–H groups in total. The number of nitrogens with one attached hydrogen (secondary N) is 1. The number of para-hydroxylation sites is 1. The maximum Gasteiger partial charge on any atom is 0.214 e. The minimum Gasteiger partial charge on any atom is -0.463 e. The molecule has 1 aromatic carbocycles. The van der Waals surface area contributed by atoms with Gasteiger partial charge in [0.1, 0.15) is 12.0 Å². The third-order valence-corrected chi connectivity index (χ3v) is 2.22. The molecule has 2 bridgehead atoms. The van der Waals surface area contributed by atoms with Crippen molar-refractivity contribution in [2.24, 2.45) is 0 Å². The summed E-state index contributed by atoms with van der Waals surface area (Å²) >= 11 is 0. The Balaban J connectivity index is 2.13. The summed E-state index contributed by atoms with van der Waals surface area (Å²) in [7, 11) is 0. The fourth-order valence-corrected chi connectivity index (χ4v) is 1.65. The van der Waals surface area contributed by atoms with Crippen LogP contribution in [0.5, 0.6) is 5.75 Å². The zero-order valence-electron chi connectivity index (χ0n) is 6.49. The molecule has 12 heavy (non-hydrogen) atoms. The first-order chi connectivity index (χ1) is 5.93. The number of fused-ring (bicyclic) bond motifs is 4. The third kappa shape index (κ3) is 0.777. The number of rotatable bonds is 0. The molecule has 2 aliphatic heterocycles. The van der Waals surface area contributed by atoms with Crippen molar-refractivity contribution in [3.05, 3.63) is 29.8 Å². The second-order valence-electron chi connectivity index (χ2n) is 3.01. The predicted octanol–water partition coefficient (Wildman–Crippen LogP) is 1.02. The molecule has 2 aliphatic rings. The van der Waals surface area contributed by atoms with E-state index in [0.717, 1.165) is 17.9 Å². The minimum atomic E-state index is -0.0927. The molecule has 1 fully saturated rings. The second-order valence-corrected chi connectivity index (χ2v) is 3.01. The average Bonchev–Trinajstić information content (AvgIpc) is 2.49. The molecule has 3 nitrogen and oxygen atoms in total. The molecule has 1 saturated heterocycles. The van der Waals surface area contributed by atoms with E-state index in [1.54, 1.807) is 0 Å². The standard InChI is InChI=1S/C9H9NO2/c1-2-4-7-6(3-1)9-10-5-8(11-7)12-9/h1-4,8-10H,5H2. The number of hydrogen-bond donors (Lipinski definition) is 1. The monoisotopic (exact) mass is 163 g/mol. The van der Waals surface area contributed by atoms with E-state index in [0.29, 0.717) is 0 Å². The quantitative estimate of drug-likeness (QED) is 0.619. The van der Waals surface area contributed by atoms with Crippen LogP contribution in [0.15, 0.2) is 24.3 Å². The number of benzene rings is 1. The Morgan fingerprint density at radius 1 is 1.33 bits per heavy atom. The van der Waals surface area contributed by atoms with Gasteiger partial charge < -0.3 is 9.47 Å². The number of ether oxygens (including phenoxy) is 2. The van der Waals surface area contributed by atoms with Crippen LogP contribution in [0, 0.1) is 0 Å². The van der Waals surface area contributed by atoms with E-state index >= 15 is 0 Å². The first-order valence-electron chi connectivity index (χ1n) is 4.08. The molecule has 0 saturated carbocycles. The van der Waals surface area contributed by atoms with Crippen LogP contribution in [0.2, 0.25) is 0 Å². The van der Waals surface area contributed by atoms with Crippen LogP contribution in [0.1, 0.15) is 11.8 Å². The summed E-state index contributed by atoms with van der Waals surface area (Å²) in [5.74, 6) is 0.948. The van der Waals surface area contributed by atoms with Gasteiger partial charge in [-0.2, -0.15) is 0 Å². The van der Waals surface area contributed by atoms with Gasteiger partial charge >= 0.3 is 0 Å². The molecule has 0 aromatic heterocycles. The Hall–Kier alpha value is -1.06. The van der Waals surface area contributed by atoms with Crippen molar-refractivity contribution in [1.82, 2.24) is 5.32 Å². The highest BCUT2D eigenvalue weighted by molar-refractivity contribution is 5.36. The van der Waals surface area contributed by atoms with Gasteiger partial charge in [-0.25, -0.2) is 0 Å². The van der Waals surface area contributed by atoms with Crippen LogP contribution in [-0.4, -0.2) is 12.8 Å². The maximum atomic E-state index is 5.54. The van der Waals surface area contributed by atoms with Crippen LogP contribution in [0.25, 0.3) is 0 Å². The van der Waals surface area contributed by atoms with Crippen molar-refractivity contribution < 1.29 is 9.47 Å². The van der Waals surface area contributed by atoms with E-state index in [-0.39, 0.29) is 12.5 Å². The summed E-state index contributed by atoms with van der Waals surface area (Å²) in [6, 6.07) is 7.97. The van der Waals surface area contributed by atoms with Crippen molar-refractivity contribution in [3.8, 4) is 5.75 Å². The van der Waals surface area contributed by atoms with Crippen LogP contribution in [-0.2, 0) is 4.74 Å². The lowest BCUT2D eigenvalue weighted by atomic mass is 10.2. The SMILES string of the molecule is c1ccc2c(c1)OC1CNC2O1. The lowest BCUT2D eigenvalue weighted by Gasteiger charge is -2.23. The van der Waals surface area contributed by atoms with Gasteiger partial charge in [-0.15, -0.1) is 0 Å². The van der Waals surface area contributed by atoms with Crippen LogP contribution in [0.4, 0.5) is 0 Å². The van der Waals surface area contributed by atoms with Gasteiger partial charge in [0.15, 0.2) is 0 Å². The molecular weight excluding hydrogens is 154 g/mol. The highest BCUT2D eigenvalue weighted by Crippen LogP contribution is 2.35. The largest absolute Gasteiger partial charge is 0.463 e. The Morgan fingerprint density at radius 3 is 3.25 bits per heavy atom. The molecule has 3 heteroatoms. The van der Waals surface area contributed by atoms with E-state index < -0.39 is 0 Å². The smallest absolute Gasteiger partial charge is 0.214 e. The van der Waals surface area contributed by atoms with Crippen molar-refractivity contribution in [1.29, 1.82) is 0 Å². The summed E-state index contributed by atoms with van der Waals surface area (Å²) < 4.78 is 11.0. The van der Waals surface area contributed by atoms with Gasteiger partial charge in [0.25, 0.3) is 0 Å². The molecule has 2 atom stereocenters. The van der Waals surface area contributed by atoms with E-state index in [4.69, 9.17) is 9.47 Å². The number of hydrogen-bond acceptors (Lipinski definition) is 3. The molecule has 0 radical (unpaired) electrons. The van der Waals surface area contributed by atoms with E-state index in [1.165, 1.54) is 0 Å². The van der Waals surface area contributed by atoms with Crippen LogP contribution in [0.3, 0.4) is 0 Å². The van der Waals surface area contributed by atoms with Gasteiger partial charge in [0, 0.05) is 5.56 Å². The Kier molecular flexibility index (Phi) is 1.19. The Labute approximate surface area is 70.3 Å². The van der Waals surface area contributed by atoms with Gasteiger partial charge in [-0.05, 0) is 6.07 Å². The topological polar surface area (TPSA) is 30.5 Å². The van der Waals surface area contributed by atoms with Gasteiger partial charge in [0.2, 0.25) is 6.29 Å². The molecule has 62 valence electrons. The fraction of sp³-hybridized carbons (Fsp3) is 0.333. The van der Waals surface area contributed by atoms with Crippen LogP contribution < -0.4 is 10.1 Å². The van der Waals surface area contributed by atoms with E-state index in [2.05, 4.69) is 5.32 Å². The normalized spacial score (nSPS) is 31.0. The zero-order chi connectivity index (χ0) is 7.97.